The number of benzene rings is 1. The molecule has 2 rings (SSSR count). The zero-order valence-corrected chi connectivity index (χ0v) is 11.0. The number of hydrogen-bond acceptors (Lipinski definition) is 2. The Hall–Kier alpha value is -0.570. The lowest BCUT2D eigenvalue weighted by molar-refractivity contribution is -0.0264. The van der Waals surface area contributed by atoms with Crippen LogP contribution >= 0.6 is 11.6 Å². The number of nitrogens with one attached hydrogen (secondary N) is 1. The number of rotatable bonds is 6. The molecule has 0 atom stereocenters. The Morgan fingerprint density at radius 2 is 2.00 bits per heavy atom. The molecule has 1 saturated carbocycles. The summed E-state index contributed by atoms with van der Waals surface area (Å²) < 4.78 is 5.83. The van der Waals surface area contributed by atoms with E-state index in [4.69, 9.17) is 16.3 Å². The average Bonchev–Trinajstić information content (AvgIpc) is 2.29. The van der Waals surface area contributed by atoms with Crippen LogP contribution in [0.5, 0.6) is 0 Å². The molecular formula is C14H20ClNO. The minimum atomic E-state index is 0.431. The third kappa shape index (κ3) is 3.98. The Kier molecular flexibility index (Phi) is 4.84. The third-order valence-electron chi connectivity index (χ3n) is 3.18. The monoisotopic (exact) mass is 253 g/mol. The molecule has 0 spiro atoms. The number of hydrogen-bond donors (Lipinski definition) is 1. The molecule has 17 heavy (non-hydrogen) atoms. The molecule has 1 fully saturated rings. The highest BCUT2D eigenvalue weighted by molar-refractivity contribution is 6.30. The Bertz CT molecular complexity index is 333. The first kappa shape index (κ1) is 12.9. The second-order valence-corrected chi connectivity index (χ2v) is 5.12. The van der Waals surface area contributed by atoms with E-state index in [0.29, 0.717) is 18.8 Å². The molecule has 0 unspecified atom stereocenters. The summed E-state index contributed by atoms with van der Waals surface area (Å²) in [6, 6.07) is 8.53. The molecule has 2 nitrogen and oxygen atoms in total. The van der Waals surface area contributed by atoms with Crippen molar-refractivity contribution in [3.05, 3.63) is 34.9 Å². The zero-order valence-electron chi connectivity index (χ0n) is 10.3. The summed E-state index contributed by atoms with van der Waals surface area (Å²) in [7, 11) is 0. The van der Waals surface area contributed by atoms with Gasteiger partial charge in [0.05, 0.1) is 12.7 Å². The quantitative estimate of drug-likeness (QED) is 0.839. The van der Waals surface area contributed by atoms with E-state index in [-0.39, 0.29) is 0 Å². The molecule has 3 heteroatoms. The van der Waals surface area contributed by atoms with E-state index in [1.807, 2.05) is 24.3 Å². The maximum atomic E-state index is 5.83. The van der Waals surface area contributed by atoms with E-state index < -0.39 is 0 Å². The standard InChI is InChI=1S/C14H20ClNO/c1-2-7-16-13-8-14(9-13)17-10-11-3-5-12(15)6-4-11/h3-6,13-14,16H,2,7-10H2,1H3. The highest BCUT2D eigenvalue weighted by Gasteiger charge is 2.28. The van der Waals surface area contributed by atoms with Gasteiger partial charge in [-0.1, -0.05) is 30.7 Å². The van der Waals surface area contributed by atoms with Crippen LogP contribution in [0, 0.1) is 0 Å². The lowest BCUT2D eigenvalue weighted by Gasteiger charge is -2.35. The number of halogens is 1. The summed E-state index contributed by atoms with van der Waals surface area (Å²) in [6.07, 6.45) is 3.92. The van der Waals surface area contributed by atoms with Crippen molar-refractivity contribution in [3.8, 4) is 0 Å². The molecule has 0 aromatic heterocycles. The van der Waals surface area contributed by atoms with Crippen LogP contribution in [0.25, 0.3) is 0 Å². The lowest BCUT2D eigenvalue weighted by atomic mass is 9.89. The van der Waals surface area contributed by atoms with Gasteiger partial charge in [0, 0.05) is 11.1 Å². The summed E-state index contributed by atoms with van der Waals surface area (Å²) in [5.41, 5.74) is 1.19. The minimum Gasteiger partial charge on any atom is -0.373 e. The Balaban J connectivity index is 1.63. The minimum absolute atomic E-state index is 0.431. The van der Waals surface area contributed by atoms with Gasteiger partial charge in [-0.3, -0.25) is 0 Å². The van der Waals surface area contributed by atoms with E-state index in [9.17, 15) is 0 Å². The molecule has 0 heterocycles. The van der Waals surface area contributed by atoms with E-state index in [1.165, 1.54) is 12.0 Å². The van der Waals surface area contributed by atoms with Crippen molar-refractivity contribution in [1.29, 1.82) is 0 Å². The normalized spacial score (nSPS) is 23.4. The fourth-order valence-electron chi connectivity index (χ4n) is 2.01. The molecule has 1 aromatic rings. The van der Waals surface area contributed by atoms with Gasteiger partial charge in [-0.05, 0) is 43.5 Å². The fraction of sp³-hybridized carbons (Fsp3) is 0.571. The predicted octanol–water partition coefficient (Wildman–Crippen LogP) is 3.39. The Labute approximate surface area is 108 Å². The van der Waals surface area contributed by atoms with Gasteiger partial charge in [-0.15, -0.1) is 0 Å². The first-order valence-electron chi connectivity index (χ1n) is 6.37. The van der Waals surface area contributed by atoms with Crippen LogP contribution in [0.4, 0.5) is 0 Å². The van der Waals surface area contributed by atoms with Gasteiger partial charge in [-0.2, -0.15) is 0 Å². The molecule has 0 radical (unpaired) electrons. The second-order valence-electron chi connectivity index (χ2n) is 4.68. The lowest BCUT2D eigenvalue weighted by Crippen LogP contribution is -2.45. The van der Waals surface area contributed by atoms with Gasteiger partial charge in [-0.25, -0.2) is 0 Å². The summed E-state index contributed by atoms with van der Waals surface area (Å²) in [5, 5.41) is 4.29. The summed E-state index contributed by atoms with van der Waals surface area (Å²) in [6.45, 7) is 4.01. The molecule has 1 aliphatic rings. The fourth-order valence-corrected chi connectivity index (χ4v) is 2.14. The molecule has 0 amide bonds. The molecule has 94 valence electrons. The first-order chi connectivity index (χ1) is 8.28. The SMILES string of the molecule is CCCNC1CC(OCc2ccc(Cl)cc2)C1. The Morgan fingerprint density at radius 3 is 2.65 bits per heavy atom. The highest BCUT2D eigenvalue weighted by Crippen LogP contribution is 2.24. The molecular weight excluding hydrogens is 234 g/mol. The van der Waals surface area contributed by atoms with Gasteiger partial charge in [0.2, 0.25) is 0 Å². The molecule has 0 saturated heterocycles. The van der Waals surface area contributed by atoms with Crippen molar-refractivity contribution in [3.63, 3.8) is 0 Å². The van der Waals surface area contributed by atoms with Gasteiger partial charge in [0.15, 0.2) is 0 Å². The largest absolute Gasteiger partial charge is 0.373 e. The topological polar surface area (TPSA) is 21.3 Å². The highest BCUT2D eigenvalue weighted by atomic mass is 35.5. The van der Waals surface area contributed by atoms with Gasteiger partial charge < -0.3 is 10.1 Å². The predicted molar refractivity (Wildman–Crippen MR) is 71.3 cm³/mol. The van der Waals surface area contributed by atoms with Crippen LogP contribution in [0.15, 0.2) is 24.3 Å². The smallest absolute Gasteiger partial charge is 0.0720 e. The summed E-state index contributed by atoms with van der Waals surface area (Å²) in [4.78, 5) is 0. The van der Waals surface area contributed by atoms with Crippen molar-refractivity contribution in [2.75, 3.05) is 6.54 Å². The maximum Gasteiger partial charge on any atom is 0.0720 e. The van der Waals surface area contributed by atoms with E-state index in [1.54, 1.807) is 0 Å². The molecule has 1 aromatic carbocycles. The van der Waals surface area contributed by atoms with Crippen molar-refractivity contribution >= 4 is 11.6 Å². The average molecular weight is 254 g/mol. The van der Waals surface area contributed by atoms with Gasteiger partial charge >= 0.3 is 0 Å². The molecule has 1 N–H and O–H groups in total. The molecule has 0 aliphatic heterocycles. The molecule has 0 bridgehead atoms. The van der Waals surface area contributed by atoms with Crippen LogP contribution in [-0.4, -0.2) is 18.7 Å². The maximum absolute atomic E-state index is 5.83. The van der Waals surface area contributed by atoms with Crippen LogP contribution in [-0.2, 0) is 11.3 Å². The van der Waals surface area contributed by atoms with Crippen molar-refractivity contribution < 1.29 is 4.74 Å². The van der Waals surface area contributed by atoms with Gasteiger partial charge in [0.25, 0.3) is 0 Å². The van der Waals surface area contributed by atoms with E-state index in [2.05, 4.69) is 12.2 Å². The van der Waals surface area contributed by atoms with Crippen LogP contribution in [0.2, 0.25) is 5.02 Å². The van der Waals surface area contributed by atoms with Gasteiger partial charge in [0.1, 0.15) is 0 Å². The van der Waals surface area contributed by atoms with Crippen molar-refractivity contribution in [2.24, 2.45) is 0 Å². The van der Waals surface area contributed by atoms with Crippen molar-refractivity contribution in [2.45, 2.75) is 44.9 Å². The molecule has 1 aliphatic carbocycles. The van der Waals surface area contributed by atoms with E-state index in [0.717, 1.165) is 24.4 Å². The van der Waals surface area contributed by atoms with Crippen molar-refractivity contribution in [1.82, 2.24) is 5.32 Å². The zero-order chi connectivity index (χ0) is 12.1. The van der Waals surface area contributed by atoms with Crippen LogP contribution in [0.3, 0.4) is 0 Å². The third-order valence-corrected chi connectivity index (χ3v) is 3.43. The summed E-state index contributed by atoms with van der Waals surface area (Å²) in [5.74, 6) is 0. The number of ether oxygens (including phenoxy) is 1. The Morgan fingerprint density at radius 1 is 1.29 bits per heavy atom. The van der Waals surface area contributed by atoms with Crippen LogP contribution in [0.1, 0.15) is 31.7 Å². The summed E-state index contributed by atoms with van der Waals surface area (Å²) >= 11 is 5.83. The first-order valence-corrected chi connectivity index (χ1v) is 6.75. The van der Waals surface area contributed by atoms with E-state index >= 15 is 0 Å². The van der Waals surface area contributed by atoms with Crippen LogP contribution < -0.4 is 5.32 Å². The second kappa shape index (κ2) is 6.39.